The van der Waals surface area contributed by atoms with Crippen LogP contribution < -0.4 is 14.8 Å². The first kappa shape index (κ1) is 25.0. The standard InChI is InChI=1S/C27H24BrFN2O3/c1-3-33-25-14-21(24(28)15-26(25)34-17-19-9-11-23(29)12-10-19)13-22(16-30)27(32)31-18(2)20-7-5-4-6-8-20/h4-15,18H,3,17H2,1-2H3,(H,31,32)/b22-13-/t18-/m0/s1. The van der Waals surface area contributed by atoms with Crippen LogP contribution in [0.15, 0.2) is 76.8 Å². The molecule has 3 aromatic rings. The summed E-state index contributed by atoms with van der Waals surface area (Å²) in [7, 11) is 0. The molecule has 0 aliphatic rings. The number of benzene rings is 3. The van der Waals surface area contributed by atoms with Gasteiger partial charge in [-0.3, -0.25) is 4.79 Å². The largest absolute Gasteiger partial charge is 0.490 e. The van der Waals surface area contributed by atoms with Crippen molar-refractivity contribution in [3.05, 3.63) is 99.3 Å². The summed E-state index contributed by atoms with van der Waals surface area (Å²) in [6.07, 6.45) is 1.50. The van der Waals surface area contributed by atoms with Crippen LogP contribution in [0.25, 0.3) is 6.08 Å². The smallest absolute Gasteiger partial charge is 0.262 e. The molecule has 5 nitrogen and oxygen atoms in total. The first-order chi connectivity index (χ1) is 16.4. The van der Waals surface area contributed by atoms with Crippen molar-refractivity contribution in [1.29, 1.82) is 5.26 Å². The van der Waals surface area contributed by atoms with Crippen LogP contribution in [-0.4, -0.2) is 12.5 Å². The Morgan fingerprint density at radius 3 is 2.44 bits per heavy atom. The summed E-state index contributed by atoms with van der Waals surface area (Å²) in [4.78, 5) is 12.7. The Kier molecular flexibility index (Phi) is 8.83. The summed E-state index contributed by atoms with van der Waals surface area (Å²) in [5, 5.41) is 12.5. The van der Waals surface area contributed by atoms with E-state index in [0.29, 0.717) is 28.1 Å². The van der Waals surface area contributed by atoms with E-state index in [-0.39, 0.29) is 24.0 Å². The Balaban J connectivity index is 1.81. The van der Waals surface area contributed by atoms with Crippen molar-refractivity contribution in [2.24, 2.45) is 0 Å². The quantitative estimate of drug-likeness (QED) is 0.262. The maximum atomic E-state index is 13.1. The highest BCUT2D eigenvalue weighted by Gasteiger charge is 2.16. The molecule has 0 radical (unpaired) electrons. The second-order valence-corrected chi connectivity index (χ2v) is 8.30. The third-order valence-electron chi connectivity index (χ3n) is 4.98. The van der Waals surface area contributed by atoms with Gasteiger partial charge < -0.3 is 14.8 Å². The Morgan fingerprint density at radius 1 is 1.12 bits per heavy atom. The molecule has 1 atom stereocenters. The van der Waals surface area contributed by atoms with Crippen molar-refractivity contribution in [2.45, 2.75) is 26.5 Å². The van der Waals surface area contributed by atoms with Crippen LogP contribution in [0.3, 0.4) is 0 Å². The summed E-state index contributed by atoms with van der Waals surface area (Å²) < 4.78 is 25.4. The maximum Gasteiger partial charge on any atom is 0.262 e. The number of carbonyl (C=O) groups is 1. The van der Waals surface area contributed by atoms with Crippen molar-refractivity contribution < 1.29 is 18.7 Å². The number of hydrogen-bond acceptors (Lipinski definition) is 4. The zero-order chi connectivity index (χ0) is 24.5. The van der Waals surface area contributed by atoms with Gasteiger partial charge in [0.25, 0.3) is 5.91 Å². The van der Waals surface area contributed by atoms with E-state index < -0.39 is 5.91 Å². The number of ether oxygens (including phenoxy) is 2. The van der Waals surface area contributed by atoms with Crippen LogP contribution in [-0.2, 0) is 11.4 Å². The van der Waals surface area contributed by atoms with Crippen LogP contribution in [0, 0.1) is 17.1 Å². The third kappa shape index (κ3) is 6.69. The van der Waals surface area contributed by atoms with Gasteiger partial charge in [0.05, 0.1) is 12.6 Å². The molecule has 0 bridgehead atoms. The minimum absolute atomic E-state index is 0.0362. The minimum atomic E-state index is -0.472. The zero-order valence-electron chi connectivity index (χ0n) is 18.8. The lowest BCUT2D eigenvalue weighted by atomic mass is 10.1. The molecule has 1 amide bonds. The highest BCUT2D eigenvalue weighted by atomic mass is 79.9. The normalized spacial score (nSPS) is 11.9. The molecule has 0 heterocycles. The van der Waals surface area contributed by atoms with Crippen LogP contribution in [0.4, 0.5) is 4.39 Å². The molecule has 0 saturated heterocycles. The van der Waals surface area contributed by atoms with Gasteiger partial charge in [0.2, 0.25) is 0 Å². The molecule has 34 heavy (non-hydrogen) atoms. The van der Waals surface area contributed by atoms with E-state index in [1.54, 1.807) is 24.3 Å². The number of rotatable bonds is 9. The van der Waals surface area contributed by atoms with Crippen LogP contribution in [0.5, 0.6) is 11.5 Å². The van der Waals surface area contributed by atoms with E-state index in [1.165, 1.54) is 18.2 Å². The summed E-state index contributed by atoms with van der Waals surface area (Å²) in [6, 6.07) is 20.7. The second kappa shape index (κ2) is 12.0. The summed E-state index contributed by atoms with van der Waals surface area (Å²) >= 11 is 3.49. The molecular formula is C27H24BrFN2O3. The molecule has 1 N–H and O–H groups in total. The third-order valence-corrected chi connectivity index (χ3v) is 5.67. The maximum absolute atomic E-state index is 13.1. The van der Waals surface area contributed by atoms with Gasteiger partial charge in [0.15, 0.2) is 11.5 Å². The molecule has 0 aromatic heterocycles. The minimum Gasteiger partial charge on any atom is -0.490 e. The van der Waals surface area contributed by atoms with E-state index in [2.05, 4.69) is 21.2 Å². The van der Waals surface area contributed by atoms with Gasteiger partial charge in [0, 0.05) is 4.47 Å². The van der Waals surface area contributed by atoms with Gasteiger partial charge in [-0.25, -0.2) is 4.39 Å². The fraction of sp³-hybridized carbons (Fsp3) is 0.185. The zero-order valence-corrected chi connectivity index (χ0v) is 20.4. The molecule has 0 fully saturated rings. The number of carbonyl (C=O) groups excluding carboxylic acids is 1. The Morgan fingerprint density at radius 2 is 1.79 bits per heavy atom. The van der Waals surface area contributed by atoms with Crippen LogP contribution in [0.1, 0.15) is 36.6 Å². The molecule has 0 aliphatic carbocycles. The summed E-state index contributed by atoms with van der Waals surface area (Å²) in [6.45, 7) is 4.34. The molecule has 7 heteroatoms. The van der Waals surface area contributed by atoms with Gasteiger partial charge in [0.1, 0.15) is 24.1 Å². The van der Waals surface area contributed by atoms with E-state index in [4.69, 9.17) is 9.47 Å². The Hall–Kier alpha value is -3.63. The molecule has 0 unspecified atom stereocenters. The highest BCUT2D eigenvalue weighted by molar-refractivity contribution is 9.10. The first-order valence-electron chi connectivity index (χ1n) is 10.7. The number of nitriles is 1. The number of halogens is 2. The molecular weight excluding hydrogens is 499 g/mol. The number of amides is 1. The molecule has 3 aromatic carbocycles. The Bertz CT molecular complexity index is 1210. The highest BCUT2D eigenvalue weighted by Crippen LogP contribution is 2.35. The topological polar surface area (TPSA) is 71.3 Å². The van der Waals surface area contributed by atoms with Crippen molar-refractivity contribution in [1.82, 2.24) is 5.32 Å². The lowest BCUT2D eigenvalue weighted by Crippen LogP contribution is -2.27. The lowest BCUT2D eigenvalue weighted by molar-refractivity contribution is -0.117. The summed E-state index contributed by atoms with van der Waals surface area (Å²) in [5.74, 6) is 0.166. The fourth-order valence-corrected chi connectivity index (χ4v) is 3.62. The monoisotopic (exact) mass is 522 g/mol. The van der Waals surface area contributed by atoms with E-state index in [1.807, 2.05) is 50.2 Å². The van der Waals surface area contributed by atoms with E-state index in [0.717, 1.165) is 11.1 Å². The second-order valence-electron chi connectivity index (χ2n) is 7.44. The van der Waals surface area contributed by atoms with Gasteiger partial charge in [-0.2, -0.15) is 5.26 Å². The number of nitrogens with zero attached hydrogens (tertiary/aromatic N) is 1. The molecule has 3 rings (SSSR count). The average Bonchev–Trinajstić information content (AvgIpc) is 2.84. The van der Waals surface area contributed by atoms with Crippen molar-refractivity contribution in [3.8, 4) is 17.6 Å². The van der Waals surface area contributed by atoms with Gasteiger partial charge in [-0.1, -0.05) is 58.4 Å². The van der Waals surface area contributed by atoms with E-state index in [9.17, 15) is 14.4 Å². The van der Waals surface area contributed by atoms with Crippen LogP contribution >= 0.6 is 15.9 Å². The summed E-state index contributed by atoms with van der Waals surface area (Å²) in [5.41, 5.74) is 2.30. The first-order valence-corrected chi connectivity index (χ1v) is 11.5. The van der Waals surface area contributed by atoms with Crippen LogP contribution in [0.2, 0.25) is 0 Å². The molecule has 0 saturated carbocycles. The fourth-order valence-electron chi connectivity index (χ4n) is 3.19. The lowest BCUT2D eigenvalue weighted by Gasteiger charge is -2.15. The predicted octanol–water partition coefficient (Wildman–Crippen LogP) is 6.35. The Labute approximate surface area is 207 Å². The molecule has 174 valence electrons. The average molecular weight is 523 g/mol. The van der Waals surface area contributed by atoms with Gasteiger partial charge in [-0.15, -0.1) is 0 Å². The molecule has 0 aliphatic heterocycles. The van der Waals surface area contributed by atoms with Crippen molar-refractivity contribution >= 4 is 27.9 Å². The van der Waals surface area contributed by atoms with Gasteiger partial charge >= 0.3 is 0 Å². The SMILES string of the molecule is CCOc1cc(/C=C(/C#N)C(=O)N[C@@H](C)c2ccccc2)c(Br)cc1OCc1ccc(F)cc1. The van der Waals surface area contributed by atoms with E-state index >= 15 is 0 Å². The predicted molar refractivity (Wildman–Crippen MR) is 133 cm³/mol. The number of nitrogens with one attached hydrogen (secondary N) is 1. The van der Waals surface area contributed by atoms with Crippen molar-refractivity contribution in [3.63, 3.8) is 0 Å². The van der Waals surface area contributed by atoms with Gasteiger partial charge in [-0.05, 0) is 60.9 Å². The number of hydrogen-bond donors (Lipinski definition) is 1. The molecule has 0 spiro atoms. The van der Waals surface area contributed by atoms with Crippen molar-refractivity contribution in [2.75, 3.05) is 6.61 Å².